The van der Waals surface area contributed by atoms with Crippen molar-refractivity contribution < 1.29 is 32.2 Å². The zero-order valence-corrected chi connectivity index (χ0v) is 34.4. The van der Waals surface area contributed by atoms with Gasteiger partial charge in [0.1, 0.15) is 23.1 Å². The number of piperidine rings is 1. The lowest BCUT2D eigenvalue weighted by atomic mass is 9.86. The molecule has 15 heteroatoms. The molecule has 0 saturated carbocycles. The van der Waals surface area contributed by atoms with Crippen molar-refractivity contribution in [3.05, 3.63) is 96.2 Å². The average Bonchev–Trinajstić information content (AvgIpc) is 3.18. The largest absolute Gasteiger partial charge is 0.496 e. The SMILES string of the molecule is COc1cc(Nc2cc(Oc3ccc(NC(=O)Nc4cc(C(C)(C)C)cc(NS(C)(=O)=O)c4OC)c4ccccc34)ccn2)ccc1C(=O)NCCC1CCNCC1. The summed E-state index contributed by atoms with van der Waals surface area (Å²) in [6, 6.07) is 22.7. The van der Waals surface area contributed by atoms with Gasteiger partial charge in [0.2, 0.25) is 10.0 Å². The first-order valence-corrected chi connectivity index (χ1v) is 21.0. The van der Waals surface area contributed by atoms with Gasteiger partial charge < -0.3 is 40.8 Å². The third-order valence-corrected chi connectivity index (χ3v) is 10.4. The number of pyridine rings is 1. The van der Waals surface area contributed by atoms with Crippen molar-refractivity contribution in [2.24, 2.45) is 5.92 Å². The van der Waals surface area contributed by atoms with Crippen LogP contribution in [0.15, 0.2) is 85.1 Å². The van der Waals surface area contributed by atoms with Crippen LogP contribution >= 0.6 is 0 Å². The van der Waals surface area contributed by atoms with Crippen LogP contribution in [-0.4, -0.2) is 65.4 Å². The Balaban J connectivity index is 1.15. The number of amides is 3. The molecule has 1 aromatic heterocycles. The van der Waals surface area contributed by atoms with E-state index in [4.69, 9.17) is 14.2 Å². The van der Waals surface area contributed by atoms with Gasteiger partial charge in [0, 0.05) is 41.3 Å². The third kappa shape index (κ3) is 10.7. The van der Waals surface area contributed by atoms with Crippen LogP contribution in [0.4, 0.5) is 33.4 Å². The van der Waals surface area contributed by atoms with E-state index in [1.807, 2.05) is 45.0 Å². The molecule has 2 heterocycles. The summed E-state index contributed by atoms with van der Waals surface area (Å²) in [6.07, 6.45) is 5.89. The summed E-state index contributed by atoms with van der Waals surface area (Å²) in [4.78, 5) is 31.0. The van der Waals surface area contributed by atoms with Crippen LogP contribution in [0.1, 0.15) is 56.0 Å². The number of ether oxygens (including phenoxy) is 3. The van der Waals surface area contributed by atoms with E-state index >= 15 is 0 Å². The van der Waals surface area contributed by atoms with Gasteiger partial charge in [-0.3, -0.25) is 9.52 Å². The zero-order valence-electron chi connectivity index (χ0n) is 33.6. The highest BCUT2D eigenvalue weighted by molar-refractivity contribution is 7.92. The van der Waals surface area contributed by atoms with E-state index in [2.05, 4.69) is 36.3 Å². The minimum Gasteiger partial charge on any atom is -0.496 e. The summed E-state index contributed by atoms with van der Waals surface area (Å²) < 4.78 is 44.4. The predicted molar refractivity (Wildman–Crippen MR) is 230 cm³/mol. The monoisotopic (exact) mass is 809 g/mol. The number of benzene rings is 4. The van der Waals surface area contributed by atoms with Gasteiger partial charge in [-0.05, 0) is 91.7 Å². The highest BCUT2D eigenvalue weighted by Crippen LogP contribution is 2.40. The third-order valence-electron chi connectivity index (χ3n) is 9.81. The van der Waals surface area contributed by atoms with Crippen LogP contribution in [0, 0.1) is 5.92 Å². The maximum atomic E-state index is 13.5. The fourth-order valence-electron chi connectivity index (χ4n) is 6.83. The van der Waals surface area contributed by atoms with Gasteiger partial charge in [-0.25, -0.2) is 18.2 Å². The minimum absolute atomic E-state index is 0.172. The number of nitrogens with one attached hydrogen (secondary N) is 6. The van der Waals surface area contributed by atoms with Crippen molar-refractivity contribution in [2.45, 2.75) is 45.4 Å². The Labute approximate surface area is 339 Å². The molecule has 0 bridgehead atoms. The Bertz CT molecular complexity index is 2390. The number of rotatable bonds is 14. The van der Waals surface area contributed by atoms with E-state index < -0.39 is 16.1 Å². The molecule has 5 aromatic rings. The second-order valence-corrected chi connectivity index (χ2v) is 17.0. The molecule has 0 atom stereocenters. The van der Waals surface area contributed by atoms with Crippen molar-refractivity contribution in [3.63, 3.8) is 0 Å². The molecule has 0 unspecified atom stereocenters. The van der Waals surface area contributed by atoms with Crippen LogP contribution in [-0.2, 0) is 15.4 Å². The Kier molecular flexibility index (Phi) is 12.9. The van der Waals surface area contributed by atoms with E-state index in [9.17, 15) is 18.0 Å². The molecule has 1 saturated heterocycles. The molecule has 6 rings (SSSR count). The number of nitrogens with zero attached hydrogens (tertiary/aromatic N) is 1. The molecule has 6 N–H and O–H groups in total. The van der Waals surface area contributed by atoms with E-state index in [-0.39, 0.29) is 22.8 Å². The standard InChI is InChI=1S/C43H51N7O7S/c1-43(2,3)28-23-35(40(56-5)36(24-28)50-58(6,53)54)49-42(52)48-34-13-14-37(32-10-8-7-9-31(32)34)57-30-18-22-45-39(26-30)47-29-11-12-33(38(25-29)55-4)41(51)46-21-17-27-15-19-44-20-16-27/h7-14,18,22-27,44,50H,15-17,19-21H2,1-6H3,(H,45,47)(H,46,51)(H2,48,49,52). The topological polar surface area (TPSA) is 181 Å². The molecule has 0 spiro atoms. The number of aromatic nitrogens is 1. The lowest BCUT2D eigenvalue weighted by molar-refractivity contribution is 0.0947. The average molecular weight is 810 g/mol. The number of hydrogen-bond donors (Lipinski definition) is 6. The van der Waals surface area contributed by atoms with E-state index in [0.29, 0.717) is 58.2 Å². The Morgan fingerprint density at radius 3 is 2.28 bits per heavy atom. The number of carbonyl (C=O) groups is 2. The number of sulfonamides is 1. The smallest absolute Gasteiger partial charge is 0.323 e. The van der Waals surface area contributed by atoms with Crippen molar-refractivity contribution in [1.29, 1.82) is 0 Å². The number of carbonyl (C=O) groups excluding carboxylic acids is 2. The van der Waals surface area contributed by atoms with Gasteiger partial charge in [0.15, 0.2) is 5.75 Å². The predicted octanol–water partition coefficient (Wildman–Crippen LogP) is 8.22. The molecule has 4 aromatic carbocycles. The number of anilines is 5. The van der Waals surface area contributed by atoms with Crippen LogP contribution in [0.2, 0.25) is 0 Å². The molecule has 58 heavy (non-hydrogen) atoms. The molecule has 0 aliphatic carbocycles. The summed E-state index contributed by atoms with van der Waals surface area (Å²) in [5, 5.41) is 16.9. The summed E-state index contributed by atoms with van der Waals surface area (Å²) in [5.74, 6) is 2.63. The molecule has 1 aliphatic heterocycles. The lowest BCUT2D eigenvalue weighted by Gasteiger charge is -2.24. The second kappa shape index (κ2) is 18.0. The van der Waals surface area contributed by atoms with E-state index in [1.54, 1.807) is 60.8 Å². The Hall–Kier alpha value is -6.06. The highest BCUT2D eigenvalue weighted by atomic mass is 32.2. The summed E-state index contributed by atoms with van der Waals surface area (Å²) >= 11 is 0. The summed E-state index contributed by atoms with van der Waals surface area (Å²) in [6.45, 7) is 8.62. The molecule has 1 aliphatic rings. The van der Waals surface area contributed by atoms with Gasteiger partial charge in [-0.2, -0.15) is 0 Å². The number of hydrogen-bond acceptors (Lipinski definition) is 10. The molecule has 3 amide bonds. The fourth-order valence-corrected chi connectivity index (χ4v) is 7.38. The maximum Gasteiger partial charge on any atom is 0.323 e. The van der Waals surface area contributed by atoms with Gasteiger partial charge in [0.25, 0.3) is 5.91 Å². The van der Waals surface area contributed by atoms with Gasteiger partial charge in [-0.1, -0.05) is 45.0 Å². The Morgan fingerprint density at radius 2 is 1.57 bits per heavy atom. The van der Waals surface area contributed by atoms with Gasteiger partial charge >= 0.3 is 6.03 Å². The summed E-state index contributed by atoms with van der Waals surface area (Å²) in [7, 11) is -0.697. The van der Waals surface area contributed by atoms with Gasteiger partial charge in [0.05, 0.1) is 43.1 Å². The van der Waals surface area contributed by atoms with Crippen molar-refractivity contribution in [2.75, 3.05) is 60.8 Å². The second-order valence-electron chi connectivity index (χ2n) is 15.2. The summed E-state index contributed by atoms with van der Waals surface area (Å²) in [5.41, 5.74) is 2.58. The van der Waals surface area contributed by atoms with Crippen LogP contribution in [0.25, 0.3) is 10.8 Å². The number of fused-ring (bicyclic) bond motifs is 1. The van der Waals surface area contributed by atoms with Crippen LogP contribution < -0.4 is 45.5 Å². The first kappa shape index (κ1) is 41.6. The van der Waals surface area contributed by atoms with E-state index in [1.165, 1.54) is 14.2 Å². The minimum atomic E-state index is -3.64. The number of urea groups is 1. The Morgan fingerprint density at radius 1 is 0.845 bits per heavy atom. The number of methoxy groups -OCH3 is 2. The van der Waals surface area contributed by atoms with Gasteiger partial charge in [-0.15, -0.1) is 0 Å². The normalized spacial score (nSPS) is 13.3. The quantitative estimate of drug-likeness (QED) is 0.0640. The van der Waals surface area contributed by atoms with Crippen LogP contribution in [0.5, 0.6) is 23.0 Å². The fraction of sp³-hybridized carbons (Fsp3) is 0.326. The molecular formula is C43H51N7O7S. The molecule has 14 nitrogen and oxygen atoms in total. The molecular weight excluding hydrogens is 759 g/mol. The molecule has 0 radical (unpaired) electrons. The van der Waals surface area contributed by atoms with Crippen molar-refractivity contribution in [3.8, 4) is 23.0 Å². The first-order valence-electron chi connectivity index (χ1n) is 19.1. The van der Waals surface area contributed by atoms with Crippen LogP contribution in [0.3, 0.4) is 0 Å². The molecule has 306 valence electrons. The highest BCUT2D eigenvalue weighted by Gasteiger charge is 2.23. The van der Waals surface area contributed by atoms with E-state index in [0.717, 1.165) is 54.9 Å². The molecule has 1 fully saturated rings. The van der Waals surface area contributed by atoms with Crippen molar-refractivity contribution in [1.82, 2.24) is 15.6 Å². The maximum absolute atomic E-state index is 13.5. The lowest BCUT2D eigenvalue weighted by Crippen LogP contribution is -2.31. The zero-order chi connectivity index (χ0) is 41.5. The first-order chi connectivity index (χ1) is 27.7. The van der Waals surface area contributed by atoms with Crippen molar-refractivity contribution >= 4 is 61.3 Å².